The van der Waals surface area contributed by atoms with Gasteiger partial charge >= 0.3 is 5.97 Å². The van der Waals surface area contributed by atoms with Crippen LogP contribution in [0.25, 0.3) is 0 Å². The third kappa shape index (κ3) is 2.52. The van der Waals surface area contributed by atoms with Gasteiger partial charge in [0.15, 0.2) is 11.6 Å². The summed E-state index contributed by atoms with van der Waals surface area (Å²) in [7, 11) is 0. The van der Waals surface area contributed by atoms with E-state index in [1.165, 1.54) is 0 Å². The zero-order chi connectivity index (χ0) is 16.5. The number of carbonyl (C=O) groups is 1. The van der Waals surface area contributed by atoms with Crippen LogP contribution in [-0.2, 0) is 6.54 Å². The van der Waals surface area contributed by atoms with E-state index in [2.05, 4.69) is 32.3 Å². The van der Waals surface area contributed by atoms with Crippen LogP contribution in [0.2, 0.25) is 0 Å². The largest absolute Gasteiger partial charge is 0.478 e. The minimum absolute atomic E-state index is 0.289. The Morgan fingerprint density at radius 2 is 2.00 bits per heavy atom. The van der Waals surface area contributed by atoms with Crippen molar-refractivity contribution in [3.05, 3.63) is 71.3 Å². The first-order valence-electron chi connectivity index (χ1n) is 7.80. The number of nitrogens with zero attached hydrogens (tertiary/aromatic N) is 3. The Kier molecular flexibility index (Phi) is 3.49. The molecule has 0 saturated heterocycles. The number of nitrogens with one attached hydrogen (secondary N) is 1. The normalized spacial score (nSPS) is 15.6. The fourth-order valence-corrected chi connectivity index (χ4v) is 3.00. The number of allylic oxidation sites excluding steroid dienone is 3. The number of benzene rings is 1. The third-order valence-electron chi connectivity index (χ3n) is 4.18. The van der Waals surface area contributed by atoms with Crippen LogP contribution in [0.4, 0.5) is 11.6 Å². The molecule has 0 atom stereocenters. The first kappa shape index (κ1) is 14.4. The maximum Gasteiger partial charge on any atom is 0.335 e. The van der Waals surface area contributed by atoms with Gasteiger partial charge in [-0.1, -0.05) is 18.2 Å². The second-order valence-electron chi connectivity index (χ2n) is 5.75. The molecular formula is C18H16N4O2. The molecule has 6 nitrogen and oxygen atoms in total. The zero-order valence-corrected chi connectivity index (χ0v) is 12.9. The monoisotopic (exact) mass is 320 g/mol. The number of fused-ring (bicyclic) bond motifs is 1. The molecule has 0 fully saturated rings. The highest BCUT2D eigenvalue weighted by Gasteiger charge is 2.26. The van der Waals surface area contributed by atoms with Gasteiger partial charge in [-0.3, -0.25) is 0 Å². The third-order valence-corrected chi connectivity index (χ3v) is 4.18. The average molecular weight is 320 g/mol. The maximum absolute atomic E-state index is 11.0. The number of aromatic nitrogens is 2. The summed E-state index contributed by atoms with van der Waals surface area (Å²) < 4.78 is 0. The summed E-state index contributed by atoms with van der Waals surface area (Å²) in [5, 5.41) is 12.4. The SMILES string of the molecule is O=C(O)c1ccc(CN2C3=C(CCC=C3)Nc3nccnc32)cc1. The zero-order valence-electron chi connectivity index (χ0n) is 12.9. The Morgan fingerprint density at radius 1 is 1.21 bits per heavy atom. The Balaban J connectivity index is 1.70. The van der Waals surface area contributed by atoms with E-state index in [0.29, 0.717) is 6.54 Å². The summed E-state index contributed by atoms with van der Waals surface area (Å²) >= 11 is 0. The number of anilines is 2. The molecule has 1 aromatic carbocycles. The molecule has 0 spiro atoms. The lowest BCUT2D eigenvalue weighted by molar-refractivity contribution is 0.0697. The van der Waals surface area contributed by atoms with Gasteiger partial charge in [0, 0.05) is 24.6 Å². The van der Waals surface area contributed by atoms with Crippen LogP contribution in [0.3, 0.4) is 0 Å². The number of hydrogen-bond acceptors (Lipinski definition) is 5. The van der Waals surface area contributed by atoms with Crippen molar-refractivity contribution in [1.29, 1.82) is 0 Å². The molecule has 2 aliphatic rings. The maximum atomic E-state index is 11.0. The Labute approximate surface area is 139 Å². The van der Waals surface area contributed by atoms with E-state index < -0.39 is 5.97 Å². The fraction of sp³-hybridized carbons (Fsp3) is 0.167. The van der Waals surface area contributed by atoms with E-state index in [1.54, 1.807) is 24.5 Å². The molecular weight excluding hydrogens is 304 g/mol. The highest BCUT2D eigenvalue weighted by atomic mass is 16.4. The second-order valence-corrected chi connectivity index (χ2v) is 5.75. The number of hydrogen-bond donors (Lipinski definition) is 2. The topological polar surface area (TPSA) is 78.4 Å². The van der Waals surface area contributed by atoms with Gasteiger partial charge in [0.05, 0.1) is 11.3 Å². The number of carboxylic acids is 1. The Bertz CT molecular complexity index is 856. The molecule has 2 aromatic rings. The smallest absolute Gasteiger partial charge is 0.335 e. The Hall–Kier alpha value is -3.15. The number of rotatable bonds is 3. The van der Waals surface area contributed by atoms with E-state index in [0.717, 1.165) is 41.4 Å². The minimum atomic E-state index is -0.917. The Morgan fingerprint density at radius 3 is 2.79 bits per heavy atom. The van der Waals surface area contributed by atoms with Gasteiger partial charge in [0.1, 0.15) is 0 Å². The van der Waals surface area contributed by atoms with Gasteiger partial charge in [0.25, 0.3) is 0 Å². The van der Waals surface area contributed by atoms with E-state index in [-0.39, 0.29) is 5.56 Å². The molecule has 24 heavy (non-hydrogen) atoms. The average Bonchev–Trinajstić information content (AvgIpc) is 2.62. The van der Waals surface area contributed by atoms with Gasteiger partial charge in [-0.25, -0.2) is 14.8 Å². The van der Waals surface area contributed by atoms with Crippen molar-refractivity contribution in [3.8, 4) is 0 Å². The second kappa shape index (κ2) is 5.81. The predicted octanol–water partition coefficient (Wildman–Crippen LogP) is 3.17. The van der Waals surface area contributed by atoms with Crippen molar-refractivity contribution in [2.24, 2.45) is 0 Å². The molecule has 4 rings (SSSR count). The van der Waals surface area contributed by atoms with Crippen molar-refractivity contribution in [2.75, 3.05) is 10.2 Å². The van der Waals surface area contributed by atoms with Gasteiger partial charge < -0.3 is 15.3 Å². The van der Waals surface area contributed by atoms with Crippen molar-refractivity contribution < 1.29 is 9.90 Å². The molecule has 0 amide bonds. The summed E-state index contributed by atoms with van der Waals surface area (Å²) in [6, 6.07) is 6.94. The standard InChI is InChI=1S/C18H16N4O2/c23-18(24)13-7-5-12(6-8-13)11-22-15-4-2-1-3-14(15)21-16-17(22)20-10-9-19-16/h2,4-10H,1,3,11H2,(H,19,21)(H,23,24). The van der Waals surface area contributed by atoms with Crippen LogP contribution in [0, 0.1) is 0 Å². The van der Waals surface area contributed by atoms with Crippen LogP contribution in [0.5, 0.6) is 0 Å². The van der Waals surface area contributed by atoms with Gasteiger partial charge in [-0.15, -0.1) is 0 Å². The van der Waals surface area contributed by atoms with E-state index >= 15 is 0 Å². The van der Waals surface area contributed by atoms with E-state index in [9.17, 15) is 4.79 Å². The minimum Gasteiger partial charge on any atom is -0.478 e. The van der Waals surface area contributed by atoms with Crippen LogP contribution >= 0.6 is 0 Å². The fourth-order valence-electron chi connectivity index (χ4n) is 3.00. The number of aromatic carboxylic acids is 1. The van der Waals surface area contributed by atoms with Gasteiger partial charge in [-0.2, -0.15) is 0 Å². The van der Waals surface area contributed by atoms with Crippen molar-refractivity contribution >= 4 is 17.6 Å². The summed E-state index contributed by atoms with van der Waals surface area (Å²) in [4.78, 5) is 22.0. The van der Waals surface area contributed by atoms with Crippen LogP contribution in [0.1, 0.15) is 28.8 Å². The lowest BCUT2D eigenvalue weighted by Crippen LogP contribution is -2.31. The van der Waals surface area contributed by atoms with Crippen molar-refractivity contribution in [3.63, 3.8) is 0 Å². The molecule has 6 heteroatoms. The lowest BCUT2D eigenvalue weighted by atomic mass is 10.0. The van der Waals surface area contributed by atoms with Crippen molar-refractivity contribution in [2.45, 2.75) is 19.4 Å². The summed E-state index contributed by atoms with van der Waals surface area (Å²) in [5.41, 5.74) is 3.55. The molecule has 2 N–H and O–H groups in total. The van der Waals surface area contributed by atoms with Crippen LogP contribution in [0.15, 0.2) is 60.2 Å². The quantitative estimate of drug-likeness (QED) is 0.904. The predicted molar refractivity (Wildman–Crippen MR) is 90.6 cm³/mol. The molecule has 2 heterocycles. The first-order valence-corrected chi connectivity index (χ1v) is 7.80. The highest BCUT2D eigenvalue weighted by molar-refractivity contribution is 5.87. The van der Waals surface area contributed by atoms with Crippen LogP contribution < -0.4 is 10.2 Å². The van der Waals surface area contributed by atoms with Crippen molar-refractivity contribution in [1.82, 2.24) is 9.97 Å². The summed E-state index contributed by atoms with van der Waals surface area (Å²) in [6.45, 7) is 0.608. The summed E-state index contributed by atoms with van der Waals surface area (Å²) in [5.74, 6) is 0.624. The highest BCUT2D eigenvalue weighted by Crippen LogP contribution is 2.36. The molecule has 0 radical (unpaired) electrons. The van der Waals surface area contributed by atoms with Crippen LogP contribution in [-0.4, -0.2) is 21.0 Å². The van der Waals surface area contributed by atoms with E-state index in [1.807, 2.05) is 12.1 Å². The molecule has 120 valence electrons. The molecule has 0 unspecified atom stereocenters. The van der Waals surface area contributed by atoms with Gasteiger partial charge in [0.2, 0.25) is 0 Å². The number of carboxylic acid groups (broad SMARTS) is 1. The molecule has 1 aromatic heterocycles. The van der Waals surface area contributed by atoms with Gasteiger partial charge in [-0.05, 0) is 36.6 Å². The first-order chi connectivity index (χ1) is 11.7. The molecule has 0 bridgehead atoms. The lowest BCUT2D eigenvalue weighted by Gasteiger charge is -2.34. The molecule has 1 aliphatic heterocycles. The van der Waals surface area contributed by atoms with E-state index in [4.69, 9.17) is 5.11 Å². The summed E-state index contributed by atoms with van der Waals surface area (Å²) in [6.07, 6.45) is 9.56. The molecule has 0 saturated carbocycles. The molecule has 1 aliphatic carbocycles.